The van der Waals surface area contributed by atoms with Crippen LogP contribution in [0.5, 0.6) is 0 Å². The third-order valence-electron chi connectivity index (χ3n) is 3.66. The number of piperidine rings is 1. The number of rotatable bonds is 0. The lowest BCUT2D eigenvalue weighted by Gasteiger charge is -2.34. The van der Waals surface area contributed by atoms with Crippen LogP contribution in [0.4, 0.5) is 0 Å². The Labute approximate surface area is 90.6 Å². The van der Waals surface area contributed by atoms with Crippen molar-refractivity contribution in [3.63, 3.8) is 0 Å². The molecule has 1 N–H and O–H groups in total. The Morgan fingerprint density at radius 3 is 3.13 bits per heavy atom. The number of benzene rings is 1. The highest BCUT2D eigenvalue weighted by atomic mass is 16.5. The molecule has 0 aliphatic carbocycles. The maximum atomic E-state index is 6.07. The lowest BCUT2D eigenvalue weighted by molar-refractivity contribution is -0.0539. The Bertz CT molecular complexity index is 375. The highest BCUT2D eigenvalue weighted by Crippen LogP contribution is 2.42. The van der Waals surface area contributed by atoms with Crippen molar-refractivity contribution in [2.45, 2.75) is 32.0 Å². The minimum atomic E-state index is -0.0150. The van der Waals surface area contributed by atoms with Crippen LogP contribution in [0.3, 0.4) is 0 Å². The molecule has 2 aliphatic rings. The average molecular weight is 203 g/mol. The lowest BCUT2D eigenvalue weighted by atomic mass is 9.83. The molecule has 1 atom stereocenters. The van der Waals surface area contributed by atoms with Gasteiger partial charge in [-0.2, -0.15) is 0 Å². The van der Waals surface area contributed by atoms with Crippen molar-refractivity contribution in [2.24, 2.45) is 0 Å². The Hall–Kier alpha value is -0.860. The van der Waals surface area contributed by atoms with Crippen LogP contribution < -0.4 is 5.32 Å². The average Bonchev–Trinajstić information content (AvgIpc) is 2.60. The molecule has 0 bridgehead atoms. The Morgan fingerprint density at radius 1 is 1.40 bits per heavy atom. The van der Waals surface area contributed by atoms with Gasteiger partial charge >= 0.3 is 0 Å². The summed E-state index contributed by atoms with van der Waals surface area (Å²) in [6, 6.07) is 6.53. The first-order valence-electron chi connectivity index (χ1n) is 5.75. The molecule has 1 unspecified atom stereocenters. The quantitative estimate of drug-likeness (QED) is 0.697. The van der Waals surface area contributed by atoms with Gasteiger partial charge in [-0.1, -0.05) is 18.2 Å². The summed E-state index contributed by atoms with van der Waals surface area (Å²) in [6.07, 6.45) is 2.38. The number of ether oxygens (including phenoxy) is 1. The Kier molecular flexibility index (Phi) is 2.08. The maximum Gasteiger partial charge on any atom is 0.107 e. The molecule has 0 amide bonds. The van der Waals surface area contributed by atoms with Crippen molar-refractivity contribution < 1.29 is 4.74 Å². The minimum Gasteiger partial charge on any atom is -0.364 e. The number of aryl methyl sites for hydroxylation is 1. The van der Waals surface area contributed by atoms with E-state index in [2.05, 4.69) is 30.4 Å². The van der Waals surface area contributed by atoms with Gasteiger partial charge in [0.15, 0.2) is 0 Å². The highest BCUT2D eigenvalue weighted by Gasteiger charge is 2.41. The first kappa shape index (κ1) is 9.37. The van der Waals surface area contributed by atoms with Gasteiger partial charge in [-0.25, -0.2) is 0 Å². The van der Waals surface area contributed by atoms with E-state index in [-0.39, 0.29) is 5.60 Å². The summed E-state index contributed by atoms with van der Waals surface area (Å²) in [5.74, 6) is 0. The number of hydrogen-bond acceptors (Lipinski definition) is 2. The zero-order valence-electron chi connectivity index (χ0n) is 9.18. The van der Waals surface area contributed by atoms with Crippen LogP contribution in [0.25, 0.3) is 0 Å². The van der Waals surface area contributed by atoms with E-state index in [1.165, 1.54) is 23.1 Å². The molecule has 3 rings (SSSR count). The largest absolute Gasteiger partial charge is 0.364 e. The summed E-state index contributed by atoms with van der Waals surface area (Å²) < 4.78 is 6.07. The van der Waals surface area contributed by atoms with E-state index < -0.39 is 0 Å². The second kappa shape index (κ2) is 3.32. The van der Waals surface area contributed by atoms with Gasteiger partial charge in [0.25, 0.3) is 0 Å². The van der Waals surface area contributed by atoms with E-state index in [1.807, 2.05) is 0 Å². The van der Waals surface area contributed by atoms with Gasteiger partial charge in [0.1, 0.15) is 5.60 Å². The predicted octanol–water partition coefficient (Wildman–Crippen LogP) is 2.10. The van der Waals surface area contributed by atoms with Crippen molar-refractivity contribution in [1.29, 1.82) is 0 Å². The van der Waals surface area contributed by atoms with E-state index in [0.717, 1.165) is 26.1 Å². The van der Waals surface area contributed by atoms with Crippen molar-refractivity contribution in [2.75, 3.05) is 13.1 Å². The molecular weight excluding hydrogens is 186 g/mol. The molecule has 1 fully saturated rings. The van der Waals surface area contributed by atoms with Crippen molar-refractivity contribution in [3.05, 3.63) is 34.9 Å². The SMILES string of the molecule is Cc1cccc2c1C1(CCCNC1)OC2. The van der Waals surface area contributed by atoms with Crippen LogP contribution in [0.2, 0.25) is 0 Å². The summed E-state index contributed by atoms with van der Waals surface area (Å²) >= 11 is 0. The van der Waals surface area contributed by atoms with E-state index >= 15 is 0 Å². The topological polar surface area (TPSA) is 21.3 Å². The Morgan fingerprint density at radius 2 is 2.33 bits per heavy atom. The van der Waals surface area contributed by atoms with Crippen LogP contribution >= 0.6 is 0 Å². The zero-order valence-corrected chi connectivity index (χ0v) is 9.18. The van der Waals surface area contributed by atoms with Gasteiger partial charge in [-0.15, -0.1) is 0 Å². The van der Waals surface area contributed by atoms with Gasteiger partial charge in [0, 0.05) is 6.54 Å². The molecule has 2 aliphatic heterocycles. The fraction of sp³-hybridized carbons (Fsp3) is 0.538. The maximum absolute atomic E-state index is 6.07. The number of fused-ring (bicyclic) bond motifs is 2. The summed E-state index contributed by atoms with van der Waals surface area (Å²) in [4.78, 5) is 0. The normalized spacial score (nSPS) is 29.4. The highest BCUT2D eigenvalue weighted by molar-refractivity contribution is 5.42. The second-order valence-corrected chi connectivity index (χ2v) is 4.67. The number of hydrogen-bond donors (Lipinski definition) is 1. The molecule has 2 nitrogen and oxygen atoms in total. The molecule has 0 radical (unpaired) electrons. The fourth-order valence-electron chi connectivity index (χ4n) is 3.00. The number of nitrogens with one attached hydrogen (secondary N) is 1. The molecule has 2 heteroatoms. The summed E-state index contributed by atoms with van der Waals surface area (Å²) in [5, 5.41) is 3.46. The molecule has 1 aromatic carbocycles. The molecule has 0 aromatic heterocycles. The zero-order chi connectivity index (χ0) is 10.3. The summed E-state index contributed by atoms with van der Waals surface area (Å²) in [7, 11) is 0. The third-order valence-corrected chi connectivity index (χ3v) is 3.66. The Balaban J connectivity index is 2.09. The minimum absolute atomic E-state index is 0.0150. The monoisotopic (exact) mass is 203 g/mol. The summed E-state index contributed by atoms with van der Waals surface area (Å²) in [5.41, 5.74) is 4.21. The van der Waals surface area contributed by atoms with Gasteiger partial charge in [0.2, 0.25) is 0 Å². The van der Waals surface area contributed by atoms with Crippen molar-refractivity contribution in [3.8, 4) is 0 Å². The second-order valence-electron chi connectivity index (χ2n) is 4.67. The van der Waals surface area contributed by atoms with Gasteiger partial charge in [0.05, 0.1) is 6.61 Å². The van der Waals surface area contributed by atoms with E-state index in [1.54, 1.807) is 0 Å². The first-order valence-corrected chi connectivity index (χ1v) is 5.75. The summed E-state index contributed by atoms with van der Waals surface area (Å²) in [6.45, 7) is 5.10. The fourth-order valence-corrected chi connectivity index (χ4v) is 3.00. The molecule has 0 saturated carbocycles. The van der Waals surface area contributed by atoms with Crippen LogP contribution in [-0.4, -0.2) is 13.1 Å². The van der Waals surface area contributed by atoms with Crippen LogP contribution in [0, 0.1) is 6.92 Å². The molecule has 80 valence electrons. The van der Waals surface area contributed by atoms with E-state index in [4.69, 9.17) is 4.74 Å². The molecule has 1 spiro atoms. The van der Waals surface area contributed by atoms with Crippen LogP contribution in [0.1, 0.15) is 29.5 Å². The van der Waals surface area contributed by atoms with Crippen molar-refractivity contribution in [1.82, 2.24) is 5.32 Å². The van der Waals surface area contributed by atoms with E-state index in [9.17, 15) is 0 Å². The van der Waals surface area contributed by atoms with Gasteiger partial charge in [-0.3, -0.25) is 0 Å². The molecule has 1 aromatic rings. The molecule has 1 saturated heterocycles. The molecule has 15 heavy (non-hydrogen) atoms. The third kappa shape index (κ3) is 1.32. The van der Waals surface area contributed by atoms with E-state index in [0.29, 0.717) is 0 Å². The van der Waals surface area contributed by atoms with Crippen LogP contribution in [-0.2, 0) is 16.9 Å². The predicted molar refractivity (Wildman–Crippen MR) is 59.7 cm³/mol. The molecular formula is C13H17NO. The molecule has 2 heterocycles. The first-order chi connectivity index (χ1) is 7.32. The standard InChI is InChI=1S/C13H17NO/c1-10-4-2-5-11-8-15-13(12(10)11)6-3-7-14-9-13/h2,4-5,14H,3,6-9H2,1H3. The van der Waals surface area contributed by atoms with Crippen LogP contribution in [0.15, 0.2) is 18.2 Å². The van der Waals surface area contributed by atoms with Gasteiger partial charge < -0.3 is 10.1 Å². The van der Waals surface area contributed by atoms with Gasteiger partial charge in [-0.05, 0) is 43.0 Å². The lowest BCUT2D eigenvalue weighted by Crippen LogP contribution is -2.43. The smallest absolute Gasteiger partial charge is 0.107 e. The van der Waals surface area contributed by atoms with Crippen molar-refractivity contribution >= 4 is 0 Å².